The molecule has 1 amide bonds. The van der Waals surface area contributed by atoms with E-state index in [1.807, 2.05) is 24.3 Å². The summed E-state index contributed by atoms with van der Waals surface area (Å²) in [5, 5.41) is 16.2. The van der Waals surface area contributed by atoms with Gasteiger partial charge in [-0.2, -0.15) is 5.10 Å². The smallest absolute Gasteiger partial charge is 0.261 e. The number of carbonyl (C=O) groups is 2. The maximum absolute atomic E-state index is 14.6. The van der Waals surface area contributed by atoms with Crippen LogP contribution >= 0.6 is 0 Å². The second-order valence-electron chi connectivity index (χ2n) is 11.1. The number of nitrogens with zero attached hydrogens (tertiary/aromatic N) is 5. The zero-order valence-electron chi connectivity index (χ0n) is 23.3. The number of likely N-dealkylation sites (tertiary alicyclic amines) is 1. The molecule has 9 nitrogen and oxygen atoms in total. The molecule has 6 rings (SSSR count). The first kappa shape index (κ1) is 28.8. The number of piperidine rings is 1. The molecule has 4 aromatic rings. The van der Waals surface area contributed by atoms with Crippen molar-refractivity contribution >= 4 is 28.8 Å². The summed E-state index contributed by atoms with van der Waals surface area (Å²) >= 11 is 0. The summed E-state index contributed by atoms with van der Waals surface area (Å²) in [7, 11) is 0. The van der Waals surface area contributed by atoms with Gasteiger partial charge in [0.25, 0.3) is 5.91 Å². The first-order chi connectivity index (χ1) is 20.8. The Bertz CT molecular complexity index is 1640. The lowest BCUT2D eigenvalue weighted by molar-refractivity contribution is -0.127. The maximum Gasteiger partial charge on any atom is 0.261 e. The Hall–Kier alpha value is -4.29. The fourth-order valence-electron chi connectivity index (χ4n) is 5.97. The molecule has 0 bridgehead atoms. The molecule has 2 aliphatic rings. The van der Waals surface area contributed by atoms with E-state index < -0.39 is 36.4 Å². The number of alkyl halides is 1. The molecular formula is C31H31F3N6O3. The zero-order chi connectivity index (χ0) is 30.1. The molecule has 2 aromatic heterocycles. The third-order valence-electron chi connectivity index (χ3n) is 8.28. The van der Waals surface area contributed by atoms with Gasteiger partial charge in [0.05, 0.1) is 18.8 Å². The number of amides is 1. The number of carbonyl (C=O) groups excluding carboxylic acids is 2. The number of benzene rings is 2. The maximum atomic E-state index is 14.6. The highest BCUT2D eigenvalue weighted by Gasteiger charge is 2.36. The molecule has 43 heavy (non-hydrogen) atoms. The molecule has 2 saturated heterocycles. The molecule has 2 fully saturated rings. The second-order valence-corrected chi connectivity index (χ2v) is 11.1. The van der Waals surface area contributed by atoms with Gasteiger partial charge in [0.1, 0.15) is 35.8 Å². The van der Waals surface area contributed by atoms with E-state index >= 15 is 0 Å². The Balaban J connectivity index is 1.14. The number of Topliss-reactive ketones (excluding diaryl/α,β-unsaturated/α-hetero) is 1. The van der Waals surface area contributed by atoms with Gasteiger partial charge in [-0.15, -0.1) is 0 Å². The molecular weight excluding hydrogens is 561 g/mol. The van der Waals surface area contributed by atoms with Crippen molar-refractivity contribution in [3.05, 3.63) is 89.2 Å². The molecule has 0 saturated carbocycles. The standard InChI is InChI=1S/C31H31F3N6O3/c32-21-3-6-26(34)24(13-21)27-14-22(33)17-39(27)29-9-12-40-30(37-29)25(15-35-40)31(43)36-23-4-1-19(2-5-23)16-38-10-7-20(8-11-38)28(42)18-41/h1-6,9,12-13,15,20,22,27,41H,7-8,10-11,14,16-18H2,(H,36,43)/t22-,27+/m0/s1. The highest BCUT2D eigenvalue weighted by Crippen LogP contribution is 2.38. The van der Waals surface area contributed by atoms with E-state index in [-0.39, 0.29) is 41.4 Å². The average molecular weight is 593 g/mol. The molecule has 2 aromatic carbocycles. The lowest BCUT2D eigenvalue weighted by Crippen LogP contribution is -2.36. The van der Waals surface area contributed by atoms with E-state index in [2.05, 4.69) is 20.3 Å². The Morgan fingerprint density at radius 3 is 2.56 bits per heavy atom. The van der Waals surface area contributed by atoms with Crippen LogP contribution < -0.4 is 10.2 Å². The minimum absolute atomic E-state index is 0.0164. The van der Waals surface area contributed by atoms with Crippen LogP contribution in [0.5, 0.6) is 0 Å². The minimum atomic E-state index is -1.26. The molecule has 224 valence electrons. The molecule has 12 heteroatoms. The summed E-state index contributed by atoms with van der Waals surface area (Å²) in [6.45, 7) is 1.82. The van der Waals surface area contributed by atoms with Gasteiger partial charge in [-0.05, 0) is 67.9 Å². The van der Waals surface area contributed by atoms with Gasteiger partial charge in [-0.25, -0.2) is 22.7 Å². The first-order valence-electron chi connectivity index (χ1n) is 14.3. The van der Waals surface area contributed by atoms with Crippen LogP contribution in [-0.4, -0.2) is 68.7 Å². The molecule has 2 aliphatic heterocycles. The number of nitrogens with one attached hydrogen (secondary N) is 1. The largest absolute Gasteiger partial charge is 0.389 e. The average Bonchev–Trinajstić information content (AvgIpc) is 3.62. The monoisotopic (exact) mass is 592 g/mol. The van der Waals surface area contributed by atoms with Crippen LogP contribution in [0.3, 0.4) is 0 Å². The van der Waals surface area contributed by atoms with Crippen LogP contribution in [0.15, 0.2) is 60.9 Å². The topological polar surface area (TPSA) is 103 Å². The van der Waals surface area contributed by atoms with E-state index in [4.69, 9.17) is 5.11 Å². The summed E-state index contributed by atoms with van der Waals surface area (Å²) in [4.78, 5) is 33.4. The van der Waals surface area contributed by atoms with Gasteiger partial charge in [0.15, 0.2) is 11.4 Å². The van der Waals surface area contributed by atoms with Gasteiger partial charge >= 0.3 is 0 Å². The number of fused-ring (bicyclic) bond motifs is 1. The van der Waals surface area contributed by atoms with Gasteiger partial charge in [0.2, 0.25) is 0 Å². The third kappa shape index (κ3) is 6.11. The van der Waals surface area contributed by atoms with Crippen molar-refractivity contribution in [2.75, 3.05) is 36.5 Å². The summed E-state index contributed by atoms with van der Waals surface area (Å²) in [6.07, 6.45) is 3.18. The van der Waals surface area contributed by atoms with Crippen LogP contribution in [0.4, 0.5) is 24.7 Å². The van der Waals surface area contributed by atoms with Crippen LogP contribution in [-0.2, 0) is 11.3 Å². The lowest BCUT2D eigenvalue weighted by Gasteiger charge is -2.31. The van der Waals surface area contributed by atoms with E-state index in [1.165, 1.54) is 10.7 Å². The zero-order valence-corrected chi connectivity index (χ0v) is 23.3. The SMILES string of the molecule is O=C(Nc1ccc(CN2CCC(C(=O)CO)CC2)cc1)c1cnn2ccc(N3C[C@@H](F)C[C@@H]3c3cc(F)ccc3F)nc12. The quantitative estimate of drug-likeness (QED) is 0.314. The fourth-order valence-corrected chi connectivity index (χ4v) is 5.97. The summed E-state index contributed by atoms with van der Waals surface area (Å²) in [5.41, 5.74) is 2.15. The summed E-state index contributed by atoms with van der Waals surface area (Å²) in [5.74, 6) is -1.50. The second kappa shape index (κ2) is 12.1. The van der Waals surface area contributed by atoms with Gasteiger partial charge < -0.3 is 15.3 Å². The number of aliphatic hydroxyl groups is 1. The molecule has 0 unspecified atom stereocenters. The molecule has 2 atom stereocenters. The molecule has 4 heterocycles. The normalized spacial score (nSPS) is 19.7. The van der Waals surface area contributed by atoms with Crippen LogP contribution in [0, 0.1) is 17.6 Å². The number of hydrogen-bond acceptors (Lipinski definition) is 7. The van der Waals surface area contributed by atoms with Gasteiger partial charge in [-0.1, -0.05) is 12.1 Å². The summed E-state index contributed by atoms with van der Waals surface area (Å²) in [6, 6.07) is 11.5. The van der Waals surface area contributed by atoms with E-state index in [1.54, 1.807) is 17.2 Å². The van der Waals surface area contributed by atoms with E-state index in [9.17, 15) is 22.8 Å². The Morgan fingerprint density at radius 1 is 1.05 bits per heavy atom. The van der Waals surface area contributed by atoms with Crippen molar-refractivity contribution in [3.8, 4) is 0 Å². The molecule has 0 radical (unpaired) electrons. The van der Waals surface area contributed by atoms with Crippen molar-refractivity contribution in [2.24, 2.45) is 5.92 Å². The predicted molar refractivity (Wildman–Crippen MR) is 153 cm³/mol. The number of halogens is 3. The Morgan fingerprint density at radius 2 is 1.81 bits per heavy atom. The third-order valence-corrected chi connectivity index (χ3v) is 8.28. The Labute approximate surface area is 245 Å². The minimum Gasteiger partial charge on any atom is -0.389 e. The van der Waals surface area contributed by atoms with Crippen LogP contribution in [0.25, 0.3) is 5.65 Å². The highest BCUT2D eigenvalue weighted by molar-refractivity contribution is 6.08. The lowest BCUT2D eigenvalue weighted by atomic mass is 9.92. The predicted octanol–water partition coefficient (Wildman–Crippen LogP) is 4.32. The van der Waals surface area contributed by atoms with Crippen molar-refractivity contribution < 1.29 is 27.9 Å². The van der Waals surface area contributed by atoms with Crippen molar-refractivity contribution in [2.45, 2.75) is 38.0 Å². The van der Waals surface area contributed by atoms with Crippen LogP contribution in [0.1, 0.15) is 46.8 Å². The number of hydrogen-bond donors (Lipinski definition) is 2. The molecule has 0 spiro atoms. The van der Waals surface area contributed by atoms with Crippen LogP contribution in [0.2, 0.25) is 0 Å². The van der Waals surface area contributed by atoms with Gasteiger partial charge in [-0.3, -0.25) is 14.5 Å². The highest BCUT2D eigenvalue weighted by atomic mass is 19.1. The van der Waals surface area contributed by atoms with E-state index in [0.29, 0.717) is 18.1 Å². The van der Waals surface area contributed by atoms with E-state index in [0.717, 1.165) is 49.7 Å². The fraction of sp³-hybridized carbons (Fsp3) is 0.355. The van der Waals surface area contributed by atoms with Crippen molar-refractivity contribution in [3.63, 3.8) is 0 Å². The molecule has 0 aliphatic carbocycles. The number of aliphatic hydroxyl groups excluding tert-OH is 1. The van der Waals surface area contributed by atoms with Gasteiger partial charge in [0, 0.05) is 36.3 Å². The number of aromatic nitrogens is 3. The number of rotatable bonds is 8. The van der Waals surface area contributed by atoms with Crippen molar-refractivity contribution in [1.82, 2.24) is 19.5 Å². The Kier molecular flexibility index (Phi) is 8.13. The summed E-state index contributed by atoms with van der Waals surface area (Å²) < 4.78 is 44.5. The number of ketones is 1. The van der Waals surface area contributed by atoms with Crippen molar-refractivity contribution in [1.29, 1.82) is 0 Å². The number of anilines is 2. The molecule has 2 N–H and O–H groups in total. The first-order valence-corrected chi connectivity index (χ1v) is 14.3.